The van der Waals surface area contributed by atoms with Crippen LogP contribution in [0, 0.1) is 12.8 Å². The van der Waals surface area contributed by atoms with Gasteiger partial charge in [0.05, 0.1) is 0 Å². The quantitative estimate of drug-likeness (QED) is 0.882. The number of nitrogens with zero attached hydrogens (tertiary/aromatic N) is 1. The first-order valence-corrected chi connectivity index (χ1v) is 8.41. The van der Waals surface area contributed by atoms with E-state index in [1.165, 1.54) is 42.2 Å². The van der Waals surface area contributed by atoms with E-state index < -0.39 is 0 Å². The van der Waals surface area contributed by atoms with Crippen molar-refractivity contribution in [1.82, 2.24) is 10.2 Å². The van der Waals surface area contributed by atoms with Crippen molar-refractivity contribution in [3.8, 4) is 0 Å². The van der Waals surface area contributed by atoms with Crippen LogP contribution in [-0.2, 0) is 0 Å². The second kappa shape index (κ2) is 6.87. The number of hydrogen-bond acceptors (Lipinski definition) is 3. The molecule has 0 spiro atoms. The van der Waals surface area contributed by atoms with Crippen LogP contribution in [0.1, 0.15) is 49.4 Å². The van der Waals surface area contributed by atoms with Crippen LogP contribution in [-0.4, -0.2) is 30.6 Å². The Labute approximate surface area is 122 Å². The summed E-state index contributed by atoms with van der Waals surface area (Å²) in [6, 6.07) is 5.69. The first-order chi connectivity index (χ1) is 9.04. The van der Waals surface area contributed by atoms with Gasteiger partial charge in [0, 0.05) is 28.4 Å². The van der Waals surface area contributed by atoms with Crippen LogP contribution in [0.2, 0.25) is 0 Å². The Kier molecular flexibility index (Phi) is 5.43. The maximum Gasteiger partial charge on any atom is 0.0388 e. The molecule has 19 heavy (non-hydrogen) atoms. The van der Waals surface area contributed by atoms with E-state index in [4.69, 9.17) is 0 Å². The molecule has 0 amide bonds. The van der Waals surface area contributed by atoms with Gasteiger partial charge in [0.25, 0.3) is 0 Å². The van der Waals surface area contributed by atoms with Gasteiger partial charge in [-0.15, -0.1) is 11.3 Å². The summed E-state index contributed by atoms with van der Waals surface area (Å²) in [5.74, 6) is 0.789. The third kappa shape index (κ3) is 4.59. The lowest BCUT2D eigenvalue weighted by molar-refractivity contribution is 0.175. The highest BCUT2D eigenvalue weighted by Gasteiger charge is 2.21. The van der Waals surface area contributed by atoms with Crippen LogP contribution in [0.25, 0.3) is 0 Å². The molecule has 1 aliphatic rings. The van der Waals surface area contributed by atoms with Gasteiger partial charge >= 0.3 is 0 Å². The summed E-state index contributed by atoms with van der Waals surface area (Å²) >= 11 is 1.92. The number of thiophene rings is 1. The van der Waals surface area contributed by atoms with E-state index >= 15 is 0 Å². The highest BCUT2D eigenvalue weighted by Crippen LogP contribution is 2.24. The van der Waals surface area contributed by atoms with E-state index in [1.807, 2.05) is 11.3 Å². The summed E-state index contributed by atoms with van der Waals surface area (Å²) in [5, 5.41) is 3.81. The van der Waals surface area contributed by atoms with Crippen molar-refractivity contribution in [3.63, 3.8) is 0 Å². The molecule has 1 fully saturated rings. The molecule has 0 aliphatic carbocycles. The van der Waals surface area contributed by atoms with E-state index in [2.05, 4.69) is 50.0 Å². The van der Waals surface area contributed by atoms with Crippen LogP contribution < -0.4 is 5.32 Å². The number of hydrogen-bond donors (Lipinski definition) is 1. The minimum atomic E-state index is 0.500. The topological polar surface area (TPSA) is 15.3 Å². The third-order valence-corrected chi connectivity index (χ3v) is 5.07. The van der Waals surface area contributed by atoms with Crippen LogP contribution >= 0.6 is 11.3 Å². The summed E-state index contributed by atoms with van der Waals surface area (Å²) in [6.07, 6.45) is 2.59. The molecule has 2 rings (SSSR count). The van der Waals surface area contributed by atoms with Crippen molar-refractivity contribution in [2.45, 2.75) is 52.6 Å². The lowest BCUT2D eigenvalue weighted by atomic mass is 10.0. The zero-order valence-corrected chi connectivity index (χ0v) is 13.6. The van der Waals surface area contributed by atoms with Gasteiger partial charge in [0.15, 0.2) is 0 Å². The second-order valence-electron chi connectivity index (χ2n) is 6.31. The van der Waals surface area contributed by atoms with Gasteiger partial charge in [0.2, 0.25) is 0 Å². The molecule has 1 N–H and O–H groups in total. The molecular formula is C16H28N2S. The molecule has 1 saturated heterocycles. The molecule has 1 aromatic rings. The van der Waals surface area contributed by atoms with Crippen molar-refractivity contribution in [1.29, 1.82) is 0 Å². The van der Waals surface area contributed by atoms with Crippen LogP contribution in [0.3, 0.4) is 0 Å². The predicted octanol–water partition coefficient (Wildman–Crippen LogP) is 3.83. The largest absolute Gasteiger partial charge is 0.307 e. The third-order valence-electron chi connectivity index (χ3n) is 3.88. The Hall–Kier alpha value is -0.380. The summed E-state index contributed by atoms with van der Waals surface area (Å²) in [7, 11) is 0. The summed E-state index contributed by atoms with van der Waals surface area (Å²) < 4.78 is 0. The minimum Gasteiger partial charge on any atom is -0.307 e. The molecule has 3 heteroatoms. The average Bonchev–Trinajstić information content (AvgIpc) is 2.78. The van der Waals surface area contributed by atoms with Crippen molar-refractivity contribution in [3.05, 3.63) is 21.9 Å². The minimum absolute atomic E-state index is 0.500. The highest BCUT2D eigenvalue weighted by molar-refractivity contribution is 7.12. The molecule has 0 bridgehead atoms. The molecule has 1 unspecified atom stereocenters. The number of aryl methyl sites for hydroxylation is 1. The fraction of sp³-hybridized carbons (Fsp3) is 0.750. The van der Waals surface area contributed by atoms with E-state index in [0.717, 1.165) is 5.92 Å². The maximum atomic E-state index is 3.81. The summed E-state index contributed by atoms with van der Waals surface area (Å²) in [6.45, 7) is 12.9. The van der Waals surface area contributed by atoms with E-state index in [1.54, 1.807) is 0 Å². The van der Waals surface area contributed by atoms with Gasteiger partial charge in [0.1, 0.15) is 0 Å². The van der Waals surface area contributed by atoms with Gasteiger partial charge in [-0.2, -0.15) is 0 Å². The molecule has 1 atom stereocenters. The van der Waals surface area contributed by atoms with E-state index in [9.17, 15) is 0 Å². The lowest BCUT2D eigenvalue weighted by Gasteiger charge is -2.34. The molecule has 0 aromatic carbocycles. The first-order valence-electron chi connectivity index (χ1n) is 7.59. The van der Waals surface area contributed by atoms with Crippen LogP contribution in [0.5, 0.6) is 0 Å². The molecule has 0 radical (unpaired) electrons. The van der Waals surface area contributed by atoms with Crippen LogP contribution in [0.4, 0.5) is 0 Å². The van der Waals surface area contributed by atoms with Gasteiger partial charge in [-0.1, -0.05) is 13.8 Å². The van der Waals surface area contributed by atoms with E-state index in [0.29, 0.717) is 12.1 Å². The number of rotatable bonds is 5. The smallest absolute Gasteiger partial charge is 0.0388 e. The average molecular weight is 280 g/mol. The molecule has 0 saturated carbocycles. The summed E-state index contributed by atoms with van der Waals surface area (Å²) in [5.41, 5.74) is 0. The number of nitrogens with one attached hydrogen (secondary N) is 1. The zero-order chi connectivity index (χ0) is 13.8. The SMILES string of the molecule is Cc1ccc(C(C)NC2CCN(CC(C)C)CC2)s1. The van der Waals surface area contributed by atoms with Gasteiger partial charge in [-0.05, 0) is 57.8 Å². The zero-order valence-electron chi connectivity index (χ0n) is 12.8. The Morgan fingerprint density at radius 2 is 1.95 bits per heavy atom. The van der Waals surface area contributed by atoms with Crippen molar-refractivity contribution < 1.29 is 0 Å². The maximum absolute atomic E-state index is 3.81. The fourth-order valence-electron chi connectivity index (χ4n) is 2.92. The normalized spacial score (nSPS) is 20.1. The second-order valence-corrected chi connectivity index (χ2v) is 7.62. The van der Waals surface area contributed by atoms with E-state index in [-0.39, 0.29) is 0 Å². The Bertz CT molecular complexity index is 378. The Morgan fingerprint density at radius 1 is 1.26 bits per heavy atom. The first kappa shape index (κ1) is 15.0. The Balaban J connectivity index is 1.76. The summed E-state index contributed by atoms with van der Waals surface area (Å²) in [4.78, 5) is 5.50. The van der Waals surface area contributed by atoms with Gasteiger partial charge < -0.3 is 10.2 Å². The molecule has 1 aliphatic heterocycles. The number of likely N-dealkylation sites (tertiary alicyclic amines) is 1. The van der Waals surface area contributed by atoms with Crippen molar-refractivity contribution >= 4 is 11.3 Å². The standard InChI is InChI=1S/C16H28N2S/c1-12(2)11-18-9-7-15(8-10-18)17-14(4)16-6-5-13(3)19-16/h5-6,12,14-15,17H,7-11H2,1-4H3. The molecule has 2 nitrogen and oxygen atoms in total. The molecule has 1 aromatic heterocycles. The monoisotopic (exact) mass is 280 g/mol. The number of piperidine rings is 1. The Morgan fingerprint density at radius 3 is 2.47 bits per heavy atom. The highest BCUT2D eigenvalue weighted by atomic mass is 32.1. The van der Waals surface area contributed by atoms with Crippen molar-refractivity contribution in [2.24, 2.45) is 5.92 Å². The van der Waals surface area contributed by atoms with Crippen LogP contribution in [0.15, 0.2) is 12.1 Å². The van der Waals surface area contributed by atoms with Crippen molar-refractivity contribution in [2.75, 3.05) is 19.6 Å². The fourth-order valence-corrected chi connectivity index (χ4v) is 3.81. The van der Waals surface area contributed by atoms with Gasteiger partial charge in [-0.25, -0.2) is 0 Å². The van der Waals surface area contributed by atoms with Gasteiger partial charge in [-0.3, -0.25) is 0 Å². The molecule has 108 valence electrons. The predicted molar refractivity (Wildman–Crippen MR) is 84.9 cm³/mol. The lowest BCUT2D eigenvalue weighted by Crippen LogP contribution is -2.44. The molecule has 2 heterocycles. The molecular weight excluding hydrogens is 252 g/mol.